The van der Waals surface area contributed by atoms with Gasteiger partial charge in [0.25, 0.3) is 11.7 Å². The van der Waals surface area contributed by atoms with Crippen molar-refractivity contribution >= 4 is 40.7 Å². The van der Waals surface area contributed by atoms with Crippen molar-refractivity contribution in [2.24, 2.45) is 0 Å². The van der Waals surface area contributed by atoms with Crippen molar-refractivity contribution in [3.63, 3.8) is 0 Å². The minimum atomic E-state index is -0.794. The second kappa shape index (κ2) is 10.9. The third-order valence-electron chi connectivity index (χ3n) is 5.15. The van der Waals surface area contributed by atoms with Crippen LogP contribution >= 0.6 is 23.2 Å². The summed E-state index contributed by atoms with van der Waals surface area (Å²) in [4.78, 5) is 27.3. The van der Waals surface area contributed by atoms with E-state index in [-0.39, 0.29) is 17.9 Å². The maximum atomic E-state index is 13.0. The van der Waals surface area contributed by atoms with Crippen LogP contribution in [0.3, 0.4) is 0 Å². The lowest BCUT2D eigenvalue weighted by molar-refractivity contribution is -0.140. The largest absolute Gasteiger partial charge is 0.507 e. The molecule has 0 aromatic heterocycles. The van der Waals surface area contributed by atoms with Crippen LogP contribution in [0.5, 0.6) is 5.75 Å². The SMILES string of the molecule is CCCOc1ccc(/C(O)=C2\C(=O)C(=O)N(CCCOC)C2c2ccc(Cl)c(Cl)c2)cc1. The highest BCUT2D eigenvalue weighted by molar-refractivity contribution is 6.46. The highest BCUT2D eigenvalue weighted by atomic mass is 35.5. The molecule has 1 saturated heterocycles. The maximum Gasteiger partial charge on any atom is 0.295 e. The Bertz CT molecular complexity index is 1020. The number of halogens is 2. The van der Waals surface area contributed by atoms with Crippen LogP contribution in [-0.2, 0) is 14.3 Å². The molecule has 1 aliphatic heterocycles. The van der Waals surface area contributed by atoms with Crippen LogP contribution in [0.25, 0.3) is 5.76 Å². The Morgan fingerprint density at radius 1 is 1.06 bits per heavy atom. The fourth-order valence-electron chi connectivity index (χ4n) is 3.60. The van der Waals surface area contributed by atoms with Crippen LogP contribution in [0.2, 0.25) is 10.0 Å². The van der Waals surface area contributed by atoms with Crippen LogP contribution in [0.15, 0.2) is 48.0 Å². The normalized spacial score (nSPS) is 17.8. The highest BCUT2D eigenvalue weighted by Gasteiger charge is 2.45. The number of rotatable bonds is 9. The molecular formula is C24H25Cl2NO5. The molecule has 1 amide bonds. The Morgan fingerprint density at radius 3 is 2.41 bits per heavy atom. The van der Waals surface area contributed by atoms with Gasteiger partial charge >= 0.3 is 0 Å². The zero-order chi connectivity index (χ0) is 23.3. The highest BCUT2D eigenvalue weighted by Crippen LogP contribution is 2.41. The number of benzene rings is 2. The average molecular weight is 478 g/mol. The minimum Gasteiger partial charge on any atom is -0.507 e. The maximum absolute atomic E-state index is 13.0. The van der Waals surface area contributed by atoms with Crippen LogP contribution in [0.4, 0.5) is 0 Å². The van der Waals surface area contributed by atoms with Crippen molar-refractivity contribution in [3.8, 4) is 5.75 Å². The molecule has 1 atom stereocenters. The topological polar surface area (TPSA) is 76.1 Å². The second-order valence-corrected chi connectivity index (χ2v) is 8.20. The first-order chi connectivity index (χ1) is 15.4. The van der Waals surface area contributed by atoms with Gasteiger partial charge in [0.1, 0.15) is 11.5 Å². The predicted octanol–water partition coefficient (Wildman–Crippen LogP) is 5.24. The van der Waals surface area contributed by atoms with Crippen molar-refractivity contribution < 1.29 is 24.2 Å². The quantitative estimate of drug-likeness (QED) is 0.231. The third kappa shape index (κ3) is 5.09. The van der Waals surface area contributed by atoms with E-state index in [0.29, 0.717) is 46.6 Å². The number of amides is 1. The summed E-state index contributed by atoms with van der Waals surface area (Å²) in [5.41, 5.74) is 1.00. The molecule has 2 aromatic rings. The predicted molar refractivity (Wildman–Crippen MR) is 124 cm³/mol. The van der Waals surface area contributed by atoms with Crippen LogP contribution < -0.4 is 4.74 Å². The van der Waals surface area contributed by atoms with Gasteiger partial charge in [-0.25, -0.2) is 0 Å². The van der Waals surface area contributed by atoms with Crippen LogP contribution in [0.1, 0.15) is 36.9 Å². The molecule has 0 saturated carbocycles. The number of Topliss-reactive ketones (excluding diaryl/α,β-unsaturated/α-hetero) is 1. The van der Waals surface area contributed by atoms with E-state index in [1.54, 1.807) is 49.6 Å². The van der Waals surface area contributed by atoms with E-state index >= 15 is 0 Å². The number of aliphatic hydroxyl groups excluding tert-OH is 1. The molecule has 1 unspecified atom stereocenters. The summed E-state index contributed by atoms with van der Waals surface area (Å²) in [5.74, 6) is -1.02. The van der Waals surface area contributed by atoms with E-state index in [0.717, 1.165) is 6.42 Å². The molecule has 8 heteroatoms. The zero-order valence-corrected chi connectivity index (χ0v) is 19.4. The van der Waals surface area contributed by atoms with E-state index in [4.69, 9.17) is 32.7 Å². The molecule has 1 fully saturated rings. The summed E-state index contributed by atoms with van der Waals surface area (Å²) in [6.07, 6.45) is 1.41. The smallest absolute Gasteiger partial charge is 0.295 e. The fourth-order valence-corrected chi connectivity index (χ4v) is 3.91. The first-order valence-corrected chi connectivity index (χ1v) is 11.1. The first kappa shape index (κ1) is 24.1. The van der Waals surface area contributed by atoms with E-state index in [2.05, 4.69) is 0 Å². The first-order valence-electron chi connectivity index (χ1n) is 10.3. The number of hydrogen-bond acceptors (Lipinski definition) is 5. The van der Waals surface area contributed by atoms with Gasteiger partial charge in [0, 0.05) is 25.8 Å². The van der Waals surface area contributed by atoms with Gasteiger partial charge in [0.15, 0.2) is 0 Å². The summed E-state index contributed by atoms with van der Waals surface area (Å²) in [6.45, 7) is 3.30. The molecule has 1 N–H and O–H groups in total. The lowest BCUT2D eigenvalue weighted by Crippen LogP contribution is -2.31. The van der Waals surface area contributed by atoms with Gasteiger partial charge in [-0.15, -0.1) is 0 Å². The number of methoxy groups -OCH3 is 1. The van der Waals surface area contributed by atoms with Crippen molar-refractivity contribution in [2.45, 2.75) is 25.8 Å². The number of carbonyl (C=O) groups excluding carboxylic acids is 2. The Morgan fingerprint density at radius 2 is 1.78 bits per heavy atom. The van der Waals surface area contributed by atoms with Gasteiger partial charge in [-0.05, 0) is 54.8 Å². The summed E-state index contributed by atoms with van der Waals surface area (Å²) in [7, 11) is 1.57. The molecule has 2 aromatic carbocycles. The summed E-state index contributed by atoms with van der Waals surface area (Å²) in [6, 6.07) is 10.9. The Kier molecular flexibility index (Phi) is 8.18. The van der Waals surface area contributed by atoms with Crippen LogP contribution in [0, 0.1) is 0 Å². The number of ether oxygens (including phenoxy) is 2. The number of aliphatic hydroxyl groups is 1. The van der Waals surface area contributed by atoms with E-state index in [1.807, 2.05) is 6.92 Å². The van der Waals surface area contributed by atoms with E-state index < -0.39 is 17.7 Å². The average Bonchev–Trinajstić information content (AvgIpc) is 3.04. The number of nitrogens with zero attached hydrogens (tertiary/aromatic N) is 1. The lowest BCUT2D eigenvalue weighted by Gasteiger charge is -2.25. The molecule has 1 aliphatic rings. The molecular weight excluding hydrogens is 453 g/mol. The number of carbonyl (C=O) groups is 2. The molecule has 3 rings (SSSR count). The Balaban J connectivity index is 2.06. The van der Waals surface area contributed by atoms with Gasteiger partial charge in [0.2, 0.25) is 0 Å². The monoisotopic (exact) mass is 477 g/mol. The lowest BCUT2D eigenvalue weighted by atomic mass is 9.95. The van der Waals surface area contributed by atoms with Crippen molar-refractivity contribution in [2.75, 3.05) is 26.9 Å². The number of ketones is 1. The van der Waals surface area contributed by atoms with Crippen LogP contribution in [-0.4, -0.2) is 48.6 Å². The molecule has 6 nitrogen and oxygen atoms in total. The fraction of sp³-hybridized carbons (Fsp3) is 0.333. The molecule has 1 heterocycles. The molecule has 170 valence electrons. The number of likely N-dealkylation sites (tertiary alicyclic amines) is 1. The minimum absolute atomic E-state index is 0.00744. The molecule has 0 radical (unpaired) electrons. The van der Waals surface area contributed by atoms with E-state index in [9.17, 15) is 14.7 Å². The van der Waals surface area contributed by atoms with Crippen molar-refractivity contribution in [1.82, 2.24) is 4.90 Å². The molecule has 32 heavy (non-hydrogen) atoms. The summed E-state index contributed by atoms with van der Waals surface area (Å²) >= 11 is 12.3. The zero-order valence-electron chi connectivity index (χ0n) is 17.9. The summed E-state index contributed by atoms with van der Waals surface area (Å²) in [5, 5.41) is 11.7. The van der Waals surface area contributed by atoms with Gasteiger partial charge in [-0.1, -0.05) is 36.2 Å². The molecule has 0 spiro atoms. The van der Waals surface area contributed by atoms with Gasteiger partial charge in [-0.3, -0.25) is 9.59 Å². The van der Waals surface area contributed by atoms with Gasteiger partial charge in [-0.2, -0.15) is 0 Å². The van der Waals surface area contributed by atoms with Gasteiger partial charge < -0.3 is 19.5 Å². The Labute approximate surface area is 197 Å². The second-order valence-electron chi connectivity index (χ2n) is 7.39. The van der Waals surface area contributed by atoms with Crippen molar-refractivity contribution in [3.05, 3.63) is 69.2 Å². The van der Waals surface area contributed by atoms with Crippen molar-refractivity contribution in [1.29, 1.82) is 0 Å². The van der Waals surface area contributed by atoms with E-state index in [1.165, 1.54) is 4.90 Å². The number of hydrogen-bond donors (Lipinski definition) is 1. The summed E-state index contributed by atoms with van der Waals surface area (Å²) < 4.78 is 10.7. The molecule has 0 aliphatic carbocycles. The Hall–Kier alpha value is -2.54. The third-order valence-corrected chi connectivity index (χ3v) is 5.89. The van der Waals surface area contributed by atoms with Gasteiger partial charge in [0.05, 0.1) is 28.3 Å². The standard InChI is InChI=1S/C24H25Cl2NO5/c1-3-12-32-17-8-5-15(6-9-17)22(28)20-21(16-7-10-18(25)19(26)14-16)27(11-4-13-31-2)24(30)23(20)29/h5-10,14,21,28H,3-4,11-13H2,1-2H3/b22-20+. The molecule has 0 bridgehead atoms.